The van der Waals surface area contributed by atoms with Crippen LogP contribution in [0.25, 0.3) is 0 Å². The highest BCUT2D eigenvalue weighted by molar-refractivity contribution is 4.93. The van der Waals surface area contributed by atoms with Gasteiger partial charge in [-0.25, -0.2) is 4.98 Å². The fourth-order valence-corrected chi connectivity index (χ4v) is 3.98. The van der Waals surface area contributed by atoms with Gasteiger partial charge in [-0.3, -0.25) is 0 Å². The van der Waals surface area contributed by atoms with Crippen molar-refractivity contribution >= 4 is 0 Å². The van der Waals surface area contributed by atoms with Crippen molar-refractivity contribution in [1.29, 1.82) is 0 Å². The van der Waals surface area contributed by atoms with E-state index in [0.29, 0.717) is 6.04 Å². The quantitative estimate of drug-likeness (QED) is 0.786. The minimum absolute atomic E-state index is 0.675. The van der Waals surface area contributed by atoms with E-state index in [1.165, 1.54) is 50.8 Å². The van der Waals surface area contributed by atoms with Crippen LogP contribution in [0, 0.1) is 11.8 Å². The minimum Gasteiger partial charge on any atom is -0.338 e. The van der Waals surface area contributed by atoms with Gasteiger partial charge in [0.05, 0.1) is 0 Å². The highest BCUT2D eigenvalue weighted by atomic mass is 15.0. The van der Waals surface area contributed by atoms with Gasteiger partial charge < -0.3 is 9.88 Å². The number of rotatable bonds is 8. The summed E-state index contributed by atoms with van der Waals surface area (Å²) >= 11 is 0. The van der Waals surface area contributed by atoms with Crippen LogP contribution in [-0.4, -0.2) is 22.1 Å². The van der Waals surface area contributed by atoms with Gasteiger partial charge in [-0.15, -0.1) is 0 Å². The Bertz CT molecular complexity index is 391. The third kappa shape index (κ3) is 4.84. The van der Waals surface area contributed by atoms with Crippen molar-refractivity contribution in [3.8, 4) is 0 Å². The van der Waals surface area contributed by atoms with Crippen LogP contribution in [0.4, 0.5) is 0 Å². The molecule has 0 aromatic carbocycles. The highest BCUT2D eigenvalue weighted by Crippen LogP contribution is 2.34. The number of aryl methyl sites for hydroxylation is 2. The molecule has 1 atom stereocenters. The molecule has 1 fully saturated rings. The van der Waals surface area contributed by atoms with Crippen molar-refractivity contribution in [3.63, 3.8) is 0 Å². The topological polar surface area (TPSA) is 29.9 Å². The van der Waals surface area contributed by atoms with Gasteiger partial charge in [0.15, 0.2) is 0 Å². The minimum atomic E-state index is 0.675. The average Bonchev–Trinajstić information content (AvgIpc) is 2.90. The van der Waals surface area contributed by atoms with Gasteiger partial charge in [0.25, 0.3) is 0 Å². The summed E-state index contributed by atoms with van der Waals surface area (Å²) < 4.78 is 2.15. The van der Waals surface area contributed by atoms with Crippen LogP contribution in [0.5, 0.6) is 0 Å². The van der Waals surface area contributed by atoms with Crippen LogP contribution in [-0.2, 0) is 13.5 Å². The molecule has 2 rings (SSSR count). The van der Waals surface area contributed by atoms with E-state index in [0.717, 1.165) is 24.8 Å². The van der Waals surface area contributed by atoms with E-state index in [1.807, 2.05) is 12.4 Å². The lowest BCUT2D eigenvalue weighted by atomic mass is 9.76. The Kier molecular flexibility index (Phi) is 6.75. The summed E-state index contributed by atoms with van der Waals surface area (Å²) in [5.74, 6) is 3.10. The zero-order valence-corrected chi connectivity index (χ0v) is 14.1. The third-order valence-corrected chi connectivity index (χ3v) is 5.22. The number of nitrogens with one attached hydrogen (secondary N) is 1. The summed E-state index contributed by atoms with van der Waals surface area (Å²) in [5, 5.41) is 3.74. The first-order valence-corrected chi connectivity index (χ1v) is 8.94. The van der Waals surface area contributed by atoms with Gasteiger partial charge in [0.1, 0.15) is 5.82 Å². The zero-order chi connectivity index (χ0) is 15.1. The van der Waals surface area contributed by atoms with Gasteiger partial charge in [-0.2, -0.15) is 0 Å². The van der Waals surface area contributed by atoms with E-state index in [9.17, 15) is 0 Å². The molecule has 21 heavy (non-hydrogen) atoms. The molecular weight excluding hydrogens is 258 g/mol. The van der Waals surface area contributed by atoms with E-state index < -0.39 is 0 Å². The van der Waals surface area contributed by atoms with E-state index in [2.05, 4.69) is 35.8 Å². The normalized spacial score (nSPS) is 24.1. The van der Waals surface area contributed by atoms with Crippen LogP contribution >= 0.6 is 0 Å². The maximum atomic E-state index is 4.46. The molecule has 0 amide bonds. The first-order valence-electron chi connectivity index (χ1n) is 8.94. The second-order valence-electron chi connectivity index (χ2n) is 6.73. The first kappa shape index (κ1) is 16.5. The summed E-state index contributed by atoms with van der Waals surface area (Å²) in [7, 11) is 2.10. The molecule has 0 radical (unpaired) electrons. The summed E-state index contributed by atoms with van der Waals surface area (Å²) in [6, 6.07) is 0.675. The van der Waals surface area contributed by atoms with Gasteiger partial charge in [0.2, 0.25) is 0 Å². The molecule has 1 saturated carbocycles. The summed E-state index contributed by atoms with van der Waals surface area (Å²) in [6.07, 6.45) is 14.8. The Morgan fingerprint density at radius 3 is 2.62 bits per heavy atom. The fourth-order valence-electron chi connectivity index (χ4n) is 3.98. The molecule has 1 heterocycles. The fraction of sp³-hybridized carbons (Fsp3) is 0.833. The molecule has 0 saturated heterocycles. The molecule has 1 aliphatic carbocycles. The van der Waals surface area contributed by atoms with Crippen LogP contribution in [0.3, 0.4) is 0 Å². The molecule has 3 heteroatoms. The zero-order valence-electron chi connectivity index (χ0n) is 14.1. The number of aromatic nitrogens is 2. The van der Waals surface area contributed by atoms with Crippen molar-refractivity contribution < 1.29 is 0 Å². The monoisotopic (exact) mass is 291 g/mol. The van der Waals surface area contributed by atoms with Gasteiger partial charge in [0, 0.05) is 31.9 Å². The van der Waals surface area contributed by atoms with Crippen molar-refractivity contribution in [1.82, 2.24) is 14.9 Å². The number of imidazole rings is 1. The second kappa shape index (κ2) is 8.57. The van der Waals surface area contributed by atoms with E-state index >= 15 is 0 Å². The lowest BCUT2D eigenvalue weighted by molar-refractivity contribution is 0.208. The molecule has 1 aliphatic rings. The van der Waals surface area contributed by atoms with Crippen LogP contribution < -0.4 is 5.32 Å². The number of nitrogens with zero attached hydrogens (tertiary/aromatic N) is 2. The SMILES string of the molecule is CCCC1CCC(C(CCc2nccn2C)NCC)CC1. The Balaban J connectivity index is 1.83. The van der Waals surface area contributed by atoms with Crippen molar-refractivity contribution in [2.24, 2.45) is 18.9 Å². The van der Waals surface area contributed by atoms with Crippen LogP contribution in [0.15, 0.2) is 12.4 Å². The molecule has 3 nitrogen and oxygen atoms in total. The first-order chi connectivity index (χ1) is 10.2. The maximum Gasteiger partial charge on any atom is 0.108 e. The summed E-state index contributed by atoms with van der Waals surface area (Å²) in [4.78, 5) is 4.46. The molecule has 1 unspecified atom stereocenters. The molecular formula is C18H33N3. The van der Waals surface area contributed by atoms with Gasteiger partial charge in [-0.05, 0) is 37.6 Å². The van der Waals surface area contributed by atoms with Crippen molar-refractivity contribution in [3.05, 3.63) is 18.2 Å². The van der Waals surface area contributed by atoms with E-state index in [1.54, 1.807) is 0 Å². The van der Waals surface area contributed by atoms with Crippen LogP contribution in [0.2, 0.25) is 0 Å². The Hall–Kier alpha value is -0.830. The average molecular weight is 291 g/mol. The molecule has 0 aliphatic heterocycles. The summed E-state index contributed by atoms with van der Waals surface area (Å²) in [5.41, 5.74) is 0. The predicted molar refractivity (Wildman–Crippen MR) is 89.3 cm³/mol. The lowest BCUT2D eigenvalue weighted by Crippen LogP contribution is -2.38. The number of hydrogen-bond acceptors (Lipinski definition) is 2. The molecule has 1 N–H and O–H groups in total. The smallest absolute Gasteiger partial charge is 0.108 e. The second-order valence-corrected chi connectivity index (χ2v) is 6.73. The highest BCUT2D eigenvalue weighted by Gasteiger charge is 2.26. The largest absolute Gasteiger partial charge is 0.338 e. The molecule has 120 valence electrons. The molecule has 1 aromatic heterocycles. The third-order valence-electron chi connectivity index (χ3n) is 5.22. The molecule has 0 spiro atoms. The van der Waals surface area contributed by atoms with Crippen LogP contribution in [0.1, 0.15) is 64.6 Å². The Morgan fingerprint density at radius 1 is 1.29 bits per heavy atom. The maximum absolute atomic E-state index is 4.46. The predicted octanol–water partition coefficient (Wildman–Crippen LogP) is 3.94. The van der Waals surface area contributed by atoms with Gasteiger partial charge >= 0.3 is 0 Å². The Labute approximate surface area is 130 Å². The van der Waals surface area contributed by atoms with Crippen molar-refractivity contribution in [2.45, 2.75) is 71.3 Å². The standard InChI is InChI=1S/C18H33N3/c1-4-6-15-7-9-16(10-8-15)17(19-5-2)11-12-18-20-13-14-21(18)3/h13-17,19H,4-12H2,1-3H3. The molecule has 1 aromatic rings. The number of hydrogen-bond donors (Lipinski definition) is 1. The molecule has 0 bridgehead atoms. The summed E-state index contributed by atoms with van der Waals surface area (Å²) in [6.45, 7) is 5.64. The van der Waals surface area contributed by atoms with E-state index in [4.69, 9.17) is 0 Å². The van der Waals surface area contributed by atoms with Gasteiger partial charge in [-0.1, -0.05) is 39.5 Å². The Morgan fingerprint density at radius 2 is 2.05 bits per heavy atom. The van der Waals surface area contributed by atoms with E-state index in [-0.39, 0.29) is 0 Å². The lowest BCUT2D eigenvalue weighted by Gasteiger charge is -2.34. The van der Waals surface area contributed by atoms with Crippen molar-refractivity contribution in [2.75, 3.05) is 6.54 Å².